The molecule has 0 unspecified atom stereocenters. The van der Waals surface area contributed by atoms with Crippen molar-refractivity contribution in [2.24, 2.45) is 0 Å². The quantitative estimate of drug-likeness (QED) is 0.868. The highest BCUT2D eigenvalue weighted by Gasteiger charge is 2.18. The highest BCUT2D eigenvalue weighted by molar-refractivity contribution is 7.92. The van der Waals surface area contributed by atoms with Crippen LogP contribution in [0.25, 0.3) is 11.6 Å². The Morgan fingerprint density at radius 1 is 1.19 bits per heavy atom. The molecule has 0 saturated carbocycles. The second-order valence-corrected chi connectivity index (χ2v) is 8.06. The lowest BCUT2D eigenvalue weighted by atomic mass is 9.93. The van der Waals surface area contributed by atoms with Gasteiger partial charge in [0, 0.05) is 29.7 Å². The topological polar surface area (TPSA) is 51.1 Å². The van der Waals surface area contributed by atoms with Gasteiger partial charge in [0.25, 0.3) is 0 Å². The van der Waals surface area contributed by atoms with Crippen molar-refractivity contribution >= 4 is 27.4 Å². The van der Waals surface area contributed by atoms with Crippen LogP contribution in [0.5, 0.6) is 0 Å². The fourth-order valence-corrected chi connectivity index (χ4v) is 3.68. The van der Waals surface area contributed by atoms with Crippen LogP contribution in [-0.4, -0.2) is 19.2 Å². The summed E-state index contributed by atoms with van der Waals surface area (Å²) in [7, 11) is -3.31. The number of rotatable bonds is 4. The number of nitrogens with one attached hydrogen (secondary N) is 1. The maximum absolute atomic E-state index is 11.5. The van der Waals surface area contributed by atoms with Crippen LogP contribution in [0, 0.1) is 0 Å². The molecule has 26 heavy (non-hydrogen) atoms. The first-order chi connectivity index (χ1) is 12.4. The molecule has 0 saturated heterocycles. The minimum Gasteiger partial charge on any atom is -0.347 e. The Labute approximate surface area is 154 Å². The smallest absolute Gasteiger partial charge is 0.229 e. The second kappa shape index (κ2) is 7.22. The van der Waals surface area contributed by atoms with Gasteiger partial charge in [-0.25, -0.2) is 8.42 Å². The van der Waals surface area contributed by atoms with Crippen molar-refractivity contribution in [1.82, 2.24) is 4.57 Å². The number of benzene rings is 1. The molecule has 0 spiro atoms. The molecule has 2 aromatic rings. The fraction of sp³-hybridized carbons (Fsp3) is 0.143. The molecular formula is C21H22N2O2S. The largest absolute Gasteiger partial charge is 0.347 e. The van der Waals surface area contributed by atoms with Crippen molar-refractivity contribution in [1.29, 1.82) is 0 Å². The van der Waals surface area contributed by atoms with Crippen LogP contribution in [0.15, 0.2) is 79.1 Å². The van der Waals surface area contributed by atoms with E-state index in [1.807, 2.05) is 30.3 Å². The summed E-state index contributed by atoms with van der Waals surface area (Å²) in [6.45, 7) is 8.94. The summed E-state index contributed by atoms with van der Waals surface area (Å²) in [6, 6.07) is 11.5. The van der Waals surface area contributed by atoms with Crippen molar-refractivity contribution in [3.05, 3.63) is 90.3 Å². The lowest BCUT2D eigenvalue weighted by Gasteiger charge is -2.12. The normalized spacial score (nSPS) is 17.8. The van der Waals surface area contributed by atoms with Gasteiger partial charge in [-0.2, -0.15) is 0 Å². The highest BCUT2D eigenvalue weighted by Crippen LogP contribution is 2.35. The molecule has 0 amide bonds. The van der Waals surface area contributed by atoms with Crippen LogP contribution < -0.4 is 4.72 Å². The number of allylic oxidation sites excluding steroid dienone is 5. The standard InChI is InChI=1S/C21H22N2O2S/c1-4-7-19-16(2)11-13-23-12-6-10-21(23)20(19)15-17-8-5-9-18(14-17)22-26(3,24)25/h4-10,12,14-15,22H,1-2,11,13H2,3H3/b19-7+,20-15+. The Bertz CT molecular complexity index is 1020. The predicted molar refractivity (Wildman–Crippen MR) is 109 cm³/mol. The van der Waals surface area contributed by atoms with Crippen LogP contribution in [-0.2, 0) is 16.6 Å². The van der Waals surface area contributed by atoms with E-state index in [0.717, 1.165) is 47.2 Å². The highest BCUT2D eigenvalue weighted by atomic mass is 32.2. The number of hydrogen-bond donors (Lipinski definition) is 1. The van der Waals surface area contributed by atoms with Gasteiger partial charge < -0.3 is 4.57 Å². The number of aromatic nitrogens is 1. The number of aryl methyl sites for hydroxylation is 1. The Hall–Kier alpha value is -2.79. The first-order valence-corrected chi connectivity index (χ1v) is 10.2. The summed E-state index contributed by atoms with van der Waals surface area (Å²) in [5, 5.41) is 0. The van der Waals surface area contributed by atoms with Gasteiger partial charge in [0.1, 0.15) is 0 Å². The Morgan fingerprint density at radius 3 is 2.73 bits per heavy atom. The third-order valence-corrected chi connectivity index (χ3v) is 4.82. The summed E-state index contributed by atoms with van der Waals surface area (Å²) in [6.07, 6.45) is 9.89. The summed E-state index contributed by atoms with van der Waals surface area (Å²) < 4.78 is 27.7. The molecule has 134 valence electrons. The fourth-order valence-electron chi connectivity index (χ4n) is 3.12. The summed E-state index contributed by atoms with van der Waals surface area (Å²) in [4.78, 5) is 0. The van der Waals surface area contributed by atoms with Crippen LogP contribution >= 0.6 is 0 Å². The van der Waals surface area contributed by atoms with Gasteiger partial charge in [0.05, 0.1) is 6.26 Å². The molecule has 0 fully saturated rings. The molecule has 3 rings (SSSR count). The van der Waals surface area contributed by atoms with Gasteiger partial charge in [-0.1, -0.05) is 37.4 Å². The van der Waals surface area contributed by atoms with Crippen LogP contribution in [0.4, 0.5) is 5.69 Å². The van der Waals surface area contributed by atoms with E-state index in [2.05, 4.69) is 40.8 Å². The Morgan fingerprint density at radius 2 is 2.00 bits per heavy atom. The minimum absolute atomic E-state index is 0.541. The van der Waals surface area contributed by atoms with Gasteiger partial charge in [-0.15, -0.1) is 0 Å². The van der Waals surface area contributed by atoms with Crippen molar-refractivity contribution < 1.29 is 8.42 Å². The van der Waals surface area contributed by atoms with Gasteiger partial charge in [0.15, 0.2) is 0 Å². The molecule has 5 heteroatoms. The first-order valence-electron chi connectivity index (χ1n) is 8.34. The monoisotopic (exact) mass is 366 g/mol. The molecule has 1 aliphatic heterocycles. The summed E-state index contributed by atoms with van der Waals surface area (Å²) >= 11 is 0. The average molecular weight is 366 g/mol. The van der Waals surface area contributed by atoms with Crippen LogP contribution in [0.1, 0.15) is 17.7 Å². The zero-order valence-electron chi connectivity index (χ0n) is 14.8. The molecule has 1 N–H and O–H groups in total. The number of anilines is 1. The van der Waals surface area contributed by atoms with Gasteiger partial charge in [-0.05, 0) is 53.5 Å². The van der Waals surface area contributed by atoms with E-state index in [4.69, 9.17) is 0 Å². The van der Waals surface area contributed by atoms with Crippen molar-refractivity contribution in [3.8, 4) is 0 Å². The summed E-state index contributed by atoms with van der Waals surface area (Å²) in [5.41, 5.74) is 5.72. The summed E-state index contributed by atoms with van der Waals surface area (Å²) in [5.74, 6) is 0. The molecular weight excluding hydrogens is 344 g/mol. The van der Waals surface area contributed by atoms with E-state index in [0.29, 0.717) is 5.69 Å². The Balaban J connectivity index is 2.12. The van der Waals surface area contributed by atoms with Crippen molar-refractivity contribution in [2.75, 3.05) is 11.0 Å². The maximum Gasteiger partial charge on any atom is 0.229 e. The lowest BCUT2D eigenvalue weighted by Crippen LogP contribution is -2.09. The average Bonchev–Trinajstić information content (AvgIpc) is 2.99. The zero-order valence-corrected chi connectivity index (χ0v) is 15.6. The molecule has 1 aromatic heterocycles. The van der Waals surface area contributed by atoms with E-state index in [1.165, 1.54) is 0 Å². The van der Waals surface area contributed by atoms with E-state index in [9.17, 15) is 8.42 Å². The maximum atomic E-state index is 11.5. The molecule has 4 nitrogen and oxygen atoms in total. The Kier molecular flexibility index (Phi) is 5.00. The van der Waals surface area contributed by atoms with Crippen molar-refractivity contribution in [2.45, 2.75) is 13.0 Å². The molecule has 0 aliphatic carbocycles. The number of sulfonamides is 1. The molecule has 0 bridgehead atoms. The lowest BCUT2D eigenvalue weighted by molar-refractivity contribution is 0.607. The van der Waals surface area contributed by atoms with E-state index < -0.39 is 10.0 Å². The van der Waals surface area contributed by atoms with E-state index in [1.54, 1.807) is 12.1 Å². The predicted octanol–water partition coefficient (Wildman–Crippen LogP) is 4.47. The molecule has 1 aliphatic rings. The van der Waals surface area contributed by atoms with Crippen LogP contribution in [0.2, 0.25) is 0 Å². The van der Waals surface area contributed by atoms with E-state index >= 15 is 0 Å². The van der Waals surface area contributed by atoms with Crippen LogP contribution in [0.3, 0.4) is 0 Å². The molecule has 1 aromatic carbocycles. The SMILES string of the molecule is C=C/C=C1\C(=C)CCn2cccc2\C1=C\c1cccc(NS(C)(=O)=O)c1. The second-order valence-electron chi connectivity index (χ2n) is 6.31. The van der Waals surface area contributed by atoms with Crippen molar-refractivity contribution in [3.63, 3.8) is 0 Å². The third-order valence-electron chi connectivity index (χ3n) is 4.22. The molecule has 2 heterocycles. The van der Waals surface area contributed by atoms with Gasteiger partial charge in [0.2, 0.25) is 10.0 Å². The number of nitrogens with zero attached hydrogens (tertiary/aromatic N) is 1. The molecule has 0 radical (unpaired) electrons. The zero-order chi connectivity index (χ0) is 18.7. The van der Waals surface area contributed by atoms with Gasteiger partial charge >= 0.3 is 0 Å². The number of fused-ring (bicyclic) bond motifs is 1. The first kappa shape index (κ1) is 18.0. The van der Waals surface area contributed by atoms with Gasteiger partial charge in [-0.3, -0.25) is 4.72 Å². The van der Waals surface area contributed by atoms with E-state index in [-0.39, 0.29) is 0 Å². The molecule has 0 atom stereocenters. The third kappa shape index (κ3) is 4.06. The minimum atomic E-state index is -3.31. The number of hydrogen-bond acceptors (Lipinski definition) is 2.